The molecule has 0 heterocycles. The summed E-state index contributed by atoms with van der Waals surface area (Å²) in [5, 5.41) is 11.6. The van der Waals surface area contributed by atoms with Gasteiger partial charge in [0.2, 0.25) is 0 Å². The quantitative estimate of drug-likeness (QED) is 0.358. The highest BCUT2D eigenvalue weighted by Gasteiger charge is 2.16. The third-order valence-electron chi connectivity index (χ3n) is 1.77. The van der Waals surface area contributed by atoms with Gasteiger partial charge in [-0.15, -0.1) is 16.9 Å². The zero-order valence-corrected chi connectivity index (χ0v) is 9.51. The molecule has 0 spiro atoms. The van der Waals surface area contributed by atoms with Crippen molar-refractivity contribution in [3.05, 3.63) is 29.8 Å². The minimum atomic E-state index is -0.177. The highest BCUT2D eigenvalue weighted by Crippen LogP contribution is 2.30. The Morgan fingerprint density at radius 2 is 1.86 bits per heavy atom. The summed E-state index contributed by atoms with van der Waals surface area (Å²) >= 11 is 1.67. The number of oxime groups is 1. The first-order valence-electron chi connectivity index (χ1n) is 4.48. The standard InChI is InChI=1S/C11H15NOS/c1-9-4-6-10(7-5-9)14-11(2,3)8-12-13/h4-8,13H,1-3H3. The van der Waals surface area contributed by atoms with Gasteiger partial charge in [-0.1, -0.05) is 17.7 Å². The molecule has 1 aromatic carbocycles. The average molecular weight is 209 g/mol. The van der Waals surface area contributed by atoms with E-state index in [4.69, 9.17) is 5.21 Å². The molecule has 0 fully saturated rings. The topological polar surface area (TPSA) is 32.6 Å². The van der Waals surface area contributed by atoms with Crippen LogP contribution in [0.25, 0.3) is 0 Å². The first-order valence-corrected chi connectivity index (χ1v) is 5.29. The predicted octanol–water partition coefficient (Wildman–Crippen LogP) is 3.33. The number of hydrogen-bond acceptors (Lipinski definition) is 3. The van der Waals surface area contributed by atoms with Crippen molar-refractivity contribution < 1.29 is 5.21 Å². The fourth-order valence-corrected chi connectivity index (χ4v) is 2.05. The Hall–Kier alpha value is -0.960. The van der Waals surface area contributed by atoms with Gasteiger partial charge >= 0.3 is 0 Å². The van der Waals surface area contributed by atoms with E-state index in [1.807, 2.05) is 13.8 Å². The molecule has 1 aromatic rings. The first kappa shape index (κ1) is 11.1. The van der Waals surface area contributed by atoms with Crippen molar-refractivity contribution in [3.63, 3.8) is 0 Å². The van der Waals surface area contributed by atoms with Crippen molar-refractivity contribution in [2.24, 2.45) is 5.16 Å². The second-order valence-corrected chi connectivity index (χ2v) is 5.49. The van der Waals surface area contributed by atoms with Gasteiger partial charge in [0.05, 0.1) is 11.0 Å². The highest BCUT2D eigenvalue weighted by molar-refractivity contribution is 8.01. The lowest BCUT2D eigenvalue weighted by atomic mass is 10.2. The van der Waals surface area contributed by atoms with Crippen LogP contribution in [0.2, 0.25) is 0 Å². The molecule has 3 heteroatoms. The number of aryl methyl sites for hydroxylation is 1. The number of nitrogens with zero attached hydrogens (tertiary/aromatic N) is 1. The molecule has 0 unspecified atom stereocenters. The summed E-state index contributed by atoms with van der Waals surface area (Å²) in [5.74, 6) is 0. The van der Waals surface area contributed by atoms with Gasteiger partial charge in [-0.25, -0.2) is 0 Å². The Bertz CT molecular complexity index is 317. The summed E-state index contributed by atoms with van der Waals surface area (Å²) in [6, 6.07) is 8.31. The zero-order chi connectivity index (χ0) is 10.6. The summed E-state index contributed by atoms with van der Waals surface area (Å²) < 4.78 is -0.177. The molecule has 0 aliphatic carbocycles. The summed E-state index contributed by atoms with van der Waals surface area (Å²) in [7, 11) is 0. The molecule has 0 saturated heterocycles. The van der Waals surface area contributed by atoms with Crippen molar-refractivity contribution in [1.29, 1.82) is 0 Å². The Labute approximate surface area is 89.0 Å². The van der Waals surface area contributed by atoms with Crippen LogP contribution in [0.3, 0.4) is 0 Å². The van der Waals surface area contributed by atoms with Crippen molar-refractivity contribution in [2.45, 2.75) is 30.4 Å². The zero-order valence-electron chi connectivity index (χ0n) is 8.69. The third-order valence-corrected chi connectivity index (χ3v) is 2.91. The lowest BCUT2D eigenvalue weighted by Crippen LogP contribution is -2.15. The molecule has 2 nitrogen and oxygen atoms in total. The predicted molar refractivity (Wildman–Crippen MR) is 61.4 cm³/mol. The smallest absolute Gasteiger partial charge is 0.0594 e. The van der Waals surface area contributed by atoms with Crippen LogP contribution in [-0.4, -0.2) is 16.2 Å². The fraction of sp³-hybridized carbons (Fsp3) is 0.364. The molecule has 0 radical (unpaired) electrons. The van der Waals surface area contributed by atoms with Crippen LogP contribution in [-0.2, 0) is 0 Å². The van der Waals surface area contributed by atoms with Gasteiger partial charge in [-0.05, 0) is 32.9 Å². The normalized spacial score (nSPS) is 12.2. The number of rotatable bonds is 3. The van der Waals surface area contributed by atoms with E-state index in [1.165, 1.54) is 16.7 Å². The minimum Gasteiger partial charge on any atom is -0.411 e. The molecule has 0 bridgehead atoms. The highest BCUT2D eigenvalue weighted by atomic mass is 32.2. The monoisotopic (exact) mass is 209 g/mol. The van der Waals surface area contributed by atoms with Gasteiger partial charge in [0, 0.05) is 4.90 Å². The Kier molecular flexibility index (Phi) is 3.58. The summed E-state index contributed by atoms with van der Waals surface area (Å²) in [6.45, 7) is 6.09. The molecule has 0 aliphatic heterocycles. The molecule has 1 rings (SSSR count). The van der Waals surface area contributed by atoms with Crippen molar-refractivity contribution in [1.82, 2.24) is 0 Å². The Morgan fingerprint density at radius 3 is 2.36 bits per heavy atom. The van der Waals surface area contributed by atoms with E-state index in [9.17, 15) is 0 Å². The van der Waals surface area contributed by atoms with E-state index in [0.29, 0.717) is 0 Å². The van der Waals surface area contributed by atoms with E-state index in [2.05, 4.69) is 36.3 Å². The summed E-state index contributed by atoms with van der Waals surface area (Å²) in [4.78, 5) is 1.18. The Morgan fingerprint density at radius 1 is 1.29 bits per heavy atom. The third kappa shape index (κ3) is 3.42. The van der Waals surface area contributed by atoms with Crippen LogP contribution in [0.4, 0.5) is 0 Å². The largest absolute Gasteiger partial charge is 0.411 e. The maximum atomic E-state index is 8.48. The van der Waals surface area contributed by atoms with Crippen LogP contribution in [0.5, 0.6) is 0 Å². The van der Waals surface area contributed by atoms with Crippen molar-refractivity contribution in [3.8, 4) is 0 Å². The van der Waals surface area contributed by atoms with Crippen LogP contribution in [0.15, 0.2) is 34.3 Å². The van der Waals surface area contributed by atoms with Gasteiger partial charge in [-0.3, -0.25) is 0 Å². The number of thioether (sulfide) groups is 1. The van der Waals surface area contributed by atoms with Gasteiger partial charge in [0.25, 0.3) is 0 Å². The molecule has 14 heavy (non-hydrogen) atoms. The second-order valence-electron chi connectivity index (χ2n) is 3.76. The molecule has 0 aliphatic rings. The van der Waals surface area contributed by atoms with E-state index in [1.54, 1.807) is 11.8 Å². The van der Waals surface area contributed by atoms with E-state index in [0.717, 1.165) is 0 Å². The van der Waals surface area contributed by atoms with Crippen molar-refractivity contribution >= 4 is 18.0 Å². The summed E-state index contributed by atoms with van der Waals surface area (Å²) in [5.41, 5.74) is 1.25. The SMILES string of the molecule is Cc1ccc(SC(C)(C)C=NO)cc1. The second kappa shape index (κ2) is 4.51. The van der Waals surface area contributed by atoms with Crippen LogP contribution >= 0.6 is 11.8 Å². The average Bonchev–Trinajstić information content (AvgIpc) is 2.08. The molecule has 0 aromatic heterocycles. The minimum absolute atomic E-state index is 0.177. The molecular weight excluding hydrogens is 194 g/mol. The van der Waals surface area contributed by atoms with Gasteiger partial charge < -0.3 is 5.21 Å². The van der Waals surface area contributed by atoms with E-state index >= 15 is 0 Å². The molecule has 0 amide bonds. The van der Waals surface area contributed by atoms with Crippen LogP contribution in [0.1, 0.15) is 19.4 Å². The van der Waals surface area contributed by atoms with Crippen molar-refractivity contribution in [2.75, 3.05) is 0 Å². The maximum absolute atomic E-state index is 8.48. The first-order chi connectivity index (χ1) is 6.53. The van der Waals surface area contributed by atoms with Gasteiger partial charge in [0.15, 0.2) is 0 Å². The number of benzene rings is 1. The maximum Gasteiger partial charge on any atom is 0.0594 e. The van der Waals surface area contributed by atoms with Crippen LogP contribution in [0, 0.1) is 6.92 Å². The number of hydrogen-bond donors (Lipinski definition) is 1. The Balaban J connectivity index is 2.73. The fourth-order valence-electron chi connectivity index (χ4n) is 1.08. The molecular formula is C11H15NOS. The molecule has 0 atom stereocenters. The van der Waals surface area contributed by atoms with Gasteiger partial charge in [0.1, 0.15) is 0 Å². The molecule has 76 valence electrons. The van der Waals surface area contributed by atoms with Gasteiger partial charge in [-0.2, -0.15) is 0 Å². The lowest BCUT2D eigenvalue weighted by Gasteiger charge is -2.17. The summed E-state index contributed by atoms with van der Waals surface area (Å²) in [6.07, 6.45) is 1.54. The van der Waals surface area contributed by atoms with E-state index in [-0.39, 0.29) is 4.75 Å². The van der Waals surface area contributed by atoms with E-state index < -0.39 is 0 Å². The van der Waals surface area contributed by atoms with Crippen LogP contribution < -0.4 is 0 Å². The lowest BCUT2D eigenvalue weighted by molar-refractivity contribution is 0.319. The molecule has 1 N–H and O–H groups in total. The molecule has 0 saturated carbocycles.